The monoisotopic (exact) mass is 389 g/mol. The molecule has 0 bridgehead atoms. The maximum atomic E-state index is 12.6. The second kappa shape index (κ2) is 6.88. The molecule has 148 valence electrons. The average Bonchev–Trinajstić information content (AvgIpc) is 3.31. The Labute approximate surface area is 167 Å². The second-order valence-electron chi connectivity index (χ2n) is 7.93. The van der Waals surface area contributed by atoms with Crippen LogP contribution in [0.1, 0.15) is 31.5 Å². The fourth-order valence-corrected chi connectivity index (χ4v) is 4.12. The molecule has 1 aromatic carbocycles. The minimum atomic E-state index is -0.0285. The summed E-state index contributed by atoms with van der Waals surface area (Å²) in [5.41, 5.74) is 5.02. The zero-order valence-electron chi connectivity index (χ0n) is 16.4. The minimum Gasteiger partial charge on any atom is -0.354 e. The van der Waals surface area contributed by atoms with Crippen LogP contribution >= 0.6 is 0 Å². The van der Waals surface area contributed by atoms with Crippen molar-refractivity contribution >= 4 is 39.3 Å². The van der Waals surface area contributed by atoms with Gasteiger partial charge in [-0.05, 0) is 56.9 Å². The number of aromatic amines is 2. The van der Waals surface area contributed by atoms with Crippen LogP contribution in [-0.2, 0) is 17.6 Å². The number of H-pyrrole nitrogens is 2. The summed E-state index contributed by atoms with van der Waals surface area (Å²) in [6.07, 6.45) is 5.73. The van der Waals surface area contributed by atoms with E-state index in [4.69, 9.17) is 0 Å². The van der Waals surface area contributed by atoms with Gasteiger partial charge >= 0.3 is 0 Å². The predicted molar refractivity (Wildman–Crippen MR) is 112 cm³/mol. The zero-order chi connectivity index (χ0) is 20.0. The van der Waals surface area contributed by atoms with Crippen molar-refractivity contribution in [1.82, 2.24) is 30.5 Å². The fourth-order valence-electron chi connectivity index (χ4n) is 4.12. The Morgan fingerprint density at radius 3 is 3.03 bits per heavy atom. The summed E-state index contributed by atoms with van der Waals surface area (Å²) >= 11 is 0. The van der Waals surface area contributed by atoms with Gasteiger partial charge in [-0.2, -0.15) is 5.10 Å². The van der Waals surface area contributed by atoms with Crippen LogP contribution in [0.5, 0.6) is 0 Å². The number of nitrogens with zero attached hydrogens (tertiary/aromatic N) is 3. The van der Waals surface area contributed by atoms with Crippen LogP contribution in [0.25, 0.3) is 21.9 Å². The number of fused-ring (bicyclic) bond motifs is 4. The minimum absolute atomic E-state index is 0.0285. The first kappa shape index (κ1) is 17.7. The number of nitrogens with one attached hydrogen (secondary N) is 4. The molecule has 4 N–H and O–H groups in total. The van der Waals surface area contributed by atoms with E-state index < -0.39 is 0 Å². The number of aromatic nitrogens is 5. The van der Waals surface area contributed by atoms with Crippen molar-refractivity contribution < 1.29 is 4.79 Å². The highest BCUT2D eigenvalue weighted by atomic mass is 16.1. The largest absolute Gasteiger partial charge is 0.354 e. The molecule has 5 rings (SSSR count). The summed E-state index contributed by atoms with van der Waals surface area (Å²) in [5.74, 6) is 0.844. The van der Waals surface area contributed by atoms with E-state index in [-0.39, 0.29) is 17.9 Å². The van der Waals surface area contributed by atoms with Gasteiger partial charge in [-0.15, -0.1) is 0 Å². The Balaban J connectivity index is 1.51. The quantitative estimate of drug-likeness (QED) is 0.428. The van der Waals surface area contributed by atoms with E-state index in [0.29, 0.717) is 6.42 Å². The molecular formula is C21H23N7O. The topological polar surface area (TPSA) is 111 Å². The lowest BCUT2D eigenvalue weighted by Crippen LogP contribution is -2.37. The van der Waals surface area contributed by atoms with Crippen LogP contribution in [0.4, 0.5) is 11.5 Å². The molecule has 0 radical (unpaired) electrons. The van der Waals surface area contributed by atoms with Gasteiger partial charge in [0.2, 0.25) is 5.91 Å². The smallest absolute Gasteiger partial charge is 0.223 e. The number of anilines is 2. The first-order chi connectivity index (χ1) is 14.1. The van der Waals surface area contributed by atoms with Crippen molar-refractivity contribution in [3.8, 4) is 0 Å². The lowest BCUT2D eigenvalue weighted by molar-refractivity contribution is -0.125. The molecule has 29 heavy (non-hydrogen) atoms. The van der Waals surface area contributed by atoms with Crippen LogP contribution < -0.4 is 10.6 Å². The number of amides is 1. The van der Waals surface area contributed by atoms with Crippen LogP contribution in [-0.4, -0.2) is 37.1 Å². The first-order valence-electron chi connectivity index (χ1n) is 9.93. The maximum absolute atomic E-state index is 12.6. The Hall–Kier alpha value is -3.42. The number of benzene rings is 1. The molecule has 0 unspecified atom stereocenters. The molecule has 4 aromatic rings. The van der Waals surface area contributed by atoms with Gasteiger partial charge in [-0.25, -0.2) is 9.97 Å². The van der Waals surface area contributed by atoms with Crippen molar-refractivity contribution in [3.63, 3.8) is 0 Å². The van der Waals surface area contributed by atoms with E-state index in [1.807, 2.05) is 32.0 Å². The number of aryl methyl sites for hydroxylation is 1. The van der Waals surface area contributed by atoms with Gasteiger partial charge in [-0.3, -0.25) is 9.89 Å². The zero-order valence-corrected chi connectivity index (χ0v) is 16.4. The van der Waals surface area contributed by atoms with Crippen molar-refractivity contribution in [1.29, 1.82) is 0 Å². The molecule has 0 spiro atoms. The summed E-state index contributed by atoms with van der Waals surface area (Å²) in [7, 11) is 0. The third kappa shape index (κ3) is 3.20. The molecule has 0 saturated heterocycles. The second-order valence-corrected chi connectivity index (χ2v) is 7.93. The van der Waals surface area contributed by atoms with Crippen molar-refractivity contribution in [2.24, 2.45) is 5.92 Å². The maximum Gasteiger partial charge on any atom is 0.223 e. The molecule has 3 aromatic heterocycles. The molecule has 1 aliphatic carbocycles. The van der Waals surface area contributed by atoms with Crippen LogP contribution in [0.15, 0.2) is 30.7 Å². The molecule has 0 saturated carbocycles. The third-order valence-electron chi connectivity index (χ3n) is 5.48. The third-order valence-corrected chi connectivity index (χ3v) is 5.48. The number of carbonyl (C=O) groups excluding carboxylic acids is 1. The van der Waals surface area contributed by atoms with E-state index >= 15 is 0 Å². The highest BCUT2D eigenvalue weighted by Gasteiger charge is 2.29. The highest BCUT2D eigenvalue weighted by Crippen LogP contribution is 2.35. The molecule has 8 nitrogen and oxygen atoms in total. The van der Waals surface area contributed by atoms with E-state index in [0.717, 1.165) is 57.5 Å². The predicted octanol–water partition coefficient (Wildman–Crippen LogP) is 3.21. The molecule has 3 heterocycles. The Bertz CT molecular complexity index is 1210. The van der Waals surface area contributed by atoms with E-state index in [9.17, 15) is 4.79 Å². The average molecular weight is 389 g/mol. The van der Waals surface area contributed by atoms with Gasteiger partial charge in [-0.1, -0.05) is 0 Å². The normalized spacial score (nSPS) is 16.3. The summed E-state index contributed by atoms with van der Waals surface area (Å²) in [6.45, 7) is 3.98. The number of hydrogen-bond donors (Lipinski definition) is 4. The van der Waals surface area contributed by atoms with E-state index in [1.54, 1.807) is 12.5 Å². The van der Waals surface area contributed by atoms with Crippen molar-refractivity contribution in [2.75, 3.05) is 5.32 Å². The molecule has 1 atom stereocenters. The van der Waals surface area contributed by atoms with Gasteiger partial charge in [0.15, 0.2) is 0 Å². The Morgan fingerprint density at radius 1 is 1.28 bits per heavy atom. The molecule has 0 fully saturated rings. The summed E-state index contributed by atoms with van der Waals surface area (Å²) in [6, 6.07) is 6.16. The molecule has 1 aliphatic rings. The van der Waals surface area contributed by atoms with Crippen molar-refractivity contribution in [3.05, 3.63) is 42.0 Å². The van der Waals surface area contributed by atoms with Gasteiger partial charge in [0, 0.05) is 28.7 Å². The lowest BCUT2D eigenvalue weighted by Gasteiger charge is -2.23. The first-order valence-corrected chi connectivity index (χ1v) is 9.93. The Morgan fingerprint density at radius 2 is 2.17 bits per heavy atom. The number of hydrogen-bond acceptors (Lipinski definition) is 5. The van der Waals surface area contributed by atoms with Gasteiger partial charge in [0.25, 0.3) is 0 Å². The number of carbonyl (C=O) groups is 1. The van der Waals surface area contributed by atoms with Gasteiger partial charge < -0.3 is 15.6 Å². The fraction of sp³-hybridized carbons (Fsp3) is 0.333. The Kier molecular flexibility index (Phi) is 4.19. The lowest BCUT2D eigenvalue weighted by atomic mass is 9.86. The molecule has 8 heteroatoms. The highest BCUT2D eigenvalue weighted by molar-refractivity contribution is 5.95. The molecular weight excluding hydrogens is 366 g/mol. The SMILES string of the molecule is CC(C)NC(=O)[C@H]1CCc2[nH]c3ncnc(Nc4ccc5[nH]ncc5c4)c3c2C1. The number of rotatable bonds is 4. The summed E-state index contributed by atoms with van der Waals surface area (Å²) in [5, 5.41) is 15.5. The standard InChI is InChI=1S/C21H23N7O/c1-11(2)25-21(29)12-3-5-17-15(8-12)18-19(22-10-23-20(18)27-17)26-14-4-6-16-13(7-14)9-24-28-16/h4,6-7,9-12H,3,5,8H2,1-2H3,(H,24,28)(H,25,29)(H2,22,23,26,27)/t12-/m0/s1. The summed E-state index contributed by atoms with van der Waals surface area (Å²) in [4.78, 5) is 24.9. The van der Waals surface area contributed by atoms with Crippen LogP contribution in [0.2, 0.25) is 0 Å². The van der Waals surface area contributed by atoms with E-state index in [2.05, 4.69) is 35.8 Å². The molecule has 0 aliphatic heterocycles. The molecule has 1 amide bonds. The van der Waals surface area contributed by atoms with Crippen molar-refractivity contribution in [2.45, 2.75) is 39.2 Å². The van der Waals surface area contributed by atoms with Gasteiger partial charge in [0.1, 0.15) is 17.8 Å². The van der Waals surface area contributed by atoms with Crippen LogP contribution in [0, 0.1) is 5.92 Å². The van der Waals surface area contributed by atoms with Crippen LogP contribution in [0.3, 0.4) is 0 Å². The van der Waals surface area contributed by atoms with Gasteiger partial charge in [0.05, 0.1) is 17.1 Å². The summed E-state index contributed by atoms with van der Waals surface area (Å²) < 4.78 is 0. The van der Waals surface area contributed by atoms with E-state index in [1.165, 1.54) is 0 Å².